The standard InChI is InChI=1S/C44H58O6S/c1-7-35(8-2)41(43(5,47-37-23-15-11-16-24-37)48-38-25-17-12-18-26-38)31-33-51(45,46)34-32-42(36(9-3)10-4)44(6,49-39-27-19-13-20-28-39)50-40-29-21-14-22-30-40/h11-30,35-36,41-42H,7-10,31-34H2,1-6H3. The highest BCUT2D eigenvalue weighted by Crippen LogP contribution is 2.40. The summed E-state index contributed by atoms with van der Waals surface area (Å²) in [5.41, 5.74) is 0. The van der Waals surface area contributed by atoms with Crippen molar-refractivity contribution in [3.05, 3.63) is 121 Å². The van der Waals surface area contributed by atoms with Gasteiger partial charge >= 0.3 is 0 Å². The normalized spacial score (nSPS) is 13.5. The van der Waals surface area contributed by atoms with E-state index in [0.29, 0.717) is 35.8 Å². The third-order valence-electron chi connectivity index (χ3n) is 10.3. The molecular weight excluding hydrogens is 657 g/mol. The molecule has 0 saturated carbocycles. The second-order valence-corrected chi connectivity index (χ2v) is 16.1. The second kappa shape index (κ2) is 19.0. The maximum absolute atomic E-state index is 14.2. The minimum atomic E-state index is -3.51. The van der Waals surface area contributed by atoms with Crippen LogP contribution >= 0.6 is 0 Å². The van der Waals surface area contributed by atoms with Gasteiger partial charge in [-0.15, -0.1) is 0 Å². The molecule has 0 spiro atoms. The molecule has 276 valence electrons. The highest BCUT2D eigenvalue weighted by molar-refractivity contribution is 7.91. The molecule has 4 aromatic carbocycles. The Labute approximate surface area is 307 Å². The second-order valence-electron chi connectivity index (χ2n) is 13.8. The largest absolute Gasteiger partial charge is 0.452 e. The van der Waals surface area contributed by atoms with E-state index in [0.717, 1.165) is 25.7 Å². The summed E-state index contributed by atoms with van der Waals surface area (Å²) in [6.45, 7) is 12.5. The van der Waals surface area contributed by atoms with Crippen molar-refractivity contribution in [3.8, 4) is 23.0 Å². The Morgan fingerprint density at radius 2 is 0.686 bits per heavy atom. The maximum Gasteiger partial charge on any atom is 0.251 e. The molecule has 0 aromatic heterocycles. The smallest absolute Gasteiger partial charge is 0.251 e. The number of benzene rings is 4. The van der Waals surface area contributed by atoms with Crippen molar-refractivity contribution >= 4 is 9.84 Å². The average Bonchev–Trinajstić information content (AvgIpc) is 3.13. The molecule has 2 unspecified atom stereocenters. The van der Waals surface area contributed by atoms with Gasteiger partial charge < -0.3 is 18.9 Å². The van der Waals surface area contributed by atoms with Gasteiger partial charge in [-0.3, -0.25) is 0 Å². The molecule has 6 nitrogen and oxygen atoms in total. The van der Waals surface area contributed by atoms with Gasteiger partial charge in [0, 0.05) is 25.7 Å². The molecule has 4 rings (SSSR count). The van der Waals surface area contributed by atoms with Crippen LogP contribution in [0.5, 0.6) is 23.0 Å². The number of rotatable bonds is 22. The van der Waals surface area contributed by atoms with Crippen LogP contribution in [0.15, 0.2) is 121 Å². The van der Waals surface area contributed by atoms with E-state index in [1.165, 1.54) is 0 Å². The van der Waals surface area contributed by atoms with E-state index in [1.54, 1.807) is 0 Å². The first-order chi connectivity index (χ1) is 24.5. The van der Waals surface area contributed by atoms with Crippen molar-refractivity contribution in [1.82, 2.24) is 0 Å². The quantitative estimate of drug-likeness (QED) is 0.0755. The fourth-order valence-electron chi connectivity index (χ4n) is 7.52. The third-order valence-corrected chi connectivity index (χ3v) is 12.0. The first-order valence-electron chi connectivity index (χ1n) is 18.7. The highest BCUT2D eigenvalue weighted by atomic mass is 32.2. The lowest BCUT2D eigenvalue weighted by Crippen LogP contribution is -2.50. The summed E-state index contributed by atoms with van der Waals surface area (Å²) in [5.74, 6) is 0.481. The van der Waals surface area contributed by atoms with Gasteiger partial charge in [-0.2, -0.15) is 0 Å². The Hall–Kier alpha value is -3.97. The zero-order chi connectivity index (χ0) is 36.7. The summed E-state index contributed by atoms with van der Waals surface area (Å²) >= 11 is 0. The van der Waals surface area contributed by atoms with E-state index >= 15 is 0 Å². The summed E-state index contributed by atoms with van der Waals surface area (Å²) in [5, 5.41) is 0. The van der Waals surface area contributed by atoms with Crippen molar-refractivity contribution in [2.75, 3.05) is 11.5 Å². The van der Waals surface area contributed by atoms with Gasteiger partial charge in [0.05, 0.1) is 11.5 Å². The third kappa shape index (κ3) is 11.5. The van der Waals surface area contributed by atoms with Crippen LogP contribution in [0.25, 0.3) is 0 Å². The van der Waals surface area contributed by atoms with Crippen LogP contribution in [0.2, 0.25) is 0 Å². The number of hydrogen-bond acceptors (Lipinski definition) is 6. The number of sulfone groups is 1. The Bertz CT molecular complexity index is 1440. The molecule has 2 atom stereocenters. The topological polar surface area (TPSA) is 71.1 Å². The van der Waals surface area contributed by atoms with Crippen LogP contribution in [0.1, 0.15) is 80.1 Å². The fourth-order valence-corrected chi connectivity index (χ4v) is 8.95. The number of hydrogen-bond donors (Lipinski definition) is 0. The lowest BCUT2D eigenvalue weighted by molar-refractivity contribution is -0.158. The minimum Gasteiger partial charge on any atom is -0.452 e. The average molecular weight is 715 g/mol. The zero-order valence-electron chi connectivity index (χ0n) is 31.4. The van der Waals surface area contributed by atoms with Crippen molar-refractivity contribution in [2.24, 2.45) is 23.7 Å². The van der Waals surface area contributed by atoms with Crippen LogP contribution in [-0.4, -0.2) is 31.5 Å². The summed E-state index contributed by atoms with van der Waals surface area (Å²) in [6.07, 6.45) is 4.29. The van der Waals surface area contributed by atoms with Crippen molar-refractivity contribution < 1.29 is 27.4 Å². The van der Waals surface area contributed by atoms with E-state index in [2.05, 4.69) is 27.7 Å². The minimum absolute atomic E-state index is 0.0193. The van der Waals surface area contributed by atoms with Crippen LogP contribution < -0.4 is 18.9 Å². The van der Waals surface area contributed by atoms with Crippen molar-refractivity contribution in [1.29, 1.82) is 0 Å². The number of ether oxygens (including phenoxy) is 4. The summed E-state index contributed by atoms with van der Waals surface area (Å²) in [6, 6.07) is 38.6. The molecule has 0 bridgehead atoms. The lowest BCUT2D eigenvalue weighted by atomic mass is 9.80. The maximum atomic E-state index is 14.2. The van der Waals surface area contributed by atoms with Crippen LogP contribution in [0.3, 0.4) is 0 Å². The van der Waals surface area contributed by atoms with Crippen LogP contribution in [-0.2, 0) is 9.84 Å². The van der Waals surface area contributed by atoms with E-state index in [-0.39, 0.29) is 35.2 Å². The van der Waals surface area contributed by atoms with Crippen molar-refractivity contribution in [2.45, 2.75) is 91.6 Å². The molecule has 0 fully saturated rings. The molecule has 51 heavy (non-hydrogen) atoms. The van der Waals surface area contributed by atoms with E-state index in [9.17, 15) is 8.42 Å². The molecule has 0 N–H and O–H groups in total. The van der Waals surface area contributed by atoms with E-state index in [1.807, 2.05) is 135 Å². The molecule has 4 aromatic rings. The zero-order valence-corrected chi connectivity index (χ0v) is 32.2. The van der Waals surface area contributed by atoms with Gasteiger partial charge in [0.2, 0.25) is 0 Å². The molecule has 0 aliphatic rings. The molecule has 0 radical (unpaired) electrons. The lowest BCUT2D eigenvalue weighted by Gasteiger charge is -2.42. The number of para-hydroxylation sites is 4. The highest BCUT2D eigenvalue weighted by Gasteiger charge is 2.45. The Morgan fingerprint density at radius 3 is 0.902 bits per heavy atom. The van der Waals surface area contributed by atoms with Crippen LogP contribution in [0, 0.1) is 23.7 Å². The van der Waals surface area contributed by atoms with Gasteiger partial charge in [0.25, 0.3) is 11.6 Å². The van der Waals surface area contributed by atoms with Gasteiger partial charge in [-0.25, -0.2) is 8.42 Å². The monoisotopic (exact) mass is 714 g/mol. The van der Waals surface area contributed by atoms with Crippen molar-refractivity contribution in [3.63, 3.8) is 0 Å². The predicted molar refractivity (Wildman–Crippen MR) is 208 cm³/mol. The summed E-state index contributed by atoms with van der Waals surface area (Å²) in [7, 11) is -3.51. The Kier molecular flexibility index (Phi) is 14.9. The SMILES string of the molecule is CCC(CC)C(CCS(=O)(=O)CCC(C(CC)CC)C(C)(Oc1ccccc1)Oc1ccccc1)C(C)(Oc1ccccc1)Oc1ccccc1. The molecule has 0 aliphatic carbocycles. The predicted octanol–water partition coefficient (Wildman–Crippen LogP) is 11.0. The van der Waals surface area contributed by atoms with Gasteiger partial charge in [-0.1, -0.05) is 126 Å². The van der Waals surface area contributed by atoms with Crippen LogP contribution in [0.4, 0.5) is 0 Å². The fraction of sp³-hybridized carbons (Fsp3) is 0.455. The first kappa shape index (κ1) is 39.8. The summed E-state index contributed by atoms with van der Waals surface area (Å²) in [4.78, 5) is 0. The Morgan fingerprint density at radius 1 is 0.451 bits per heavy atom. The van der Waals surface area contributed by atoms with E-state index in [4.69, 9.17) is 18.9 Å². The first-order valence-corrected chi connectivity index (χ1v) is 20.5. The van der Waals surface area contributed by atoms with Gasteiger partial charge in [0.15, 0.2) is 0 Å². The molecule has 7 heteroatoms. The van der Waals surface area contributed by atoms with Gasteiger partial charge in [-0.05, 0) is 73.2 Å². The molecule has 0 saturated heterocycles. The molecule has 0 aliphatic heterocycles. The van der Waals surface area contributed by atoms with Gasteiger partial charge in [0.1, 0.15) is 32.8 Å². The summed E-state index contributed by atoms with van der Waals surface area (Å²) < 4.78 is 55.1. The molecular formula is C44H58O6S. The van der Waals surface area contributed by atoms with E-state index < -0.39 is 21.4 Å². The molecule has 0 amide bonds. The Balaban J connectivity index is 1.62. The molecule has 0 heterocycles.